The molecule has 1 saturated heterocycles. The molecule has 1 aliphatic heterocycles. The molecule has 0 radical (unpaired) electrons. The van der Waals surface area contributed by atoms with Crippen molar-refractivity contribution in [2.45, 2.75) is 38.4 Å². The first kappa shape index (κ1) is 13.4. The number of nitrogens with zero attached hydrogens (tertiary/aromatic N) is 1. The fourth-order valence-corrected chi connectivity index (χ4v) is 3.05. The lowest BCUT2D eigenvalue weighted by Crippen LogP contribution is -2.51. The zero-order chi connectivity index (χ0) is 13.3. The number of amides is 1. The first-order valence-electron chi connectivity index (χ1n) is 5.82. The number of aryl methyl sites for hydroxylation is 1. The summed E-state index contributed by atoms with van der Waals surface area (Å²) in [5.74, 6) is -0.491. The third kappa shape index (κ3) is 2.68. The molecule has 2 nitrogen and oxygen atoms in total. The molecule has 1 atom stereocenters. The van der Waals surface area contributed by atoms with Crippen molar-refractivity contribution in [2.75, 3.05) is 6.54 Å². The maximum Gasteiger partial charge on any atom is 0.408 e. The first-order chi connectivity index (χ1) is 8.39. The normalized spacial score (nSPS) is 21.1. The lowest BCUT2D eigenvalue weighted by molar-refractivity contribution is -0.183. The van der Waals surface area contributed by atoms with Crippen molar-refractivity contribution in [3.05, 3.63) is 21.9 Å². The molecular weight excluding hydrogens is 263 g/mol. The monoisotopic (exact) mass is 277 g/mol. The largest absolute Gasteiger partial charge is 0.408 e. The van der Waals surface area contributed by atoms with Gasteiger partial charge in [0.1, 0.15) is 6.04 Å². The van der Waals surface area contributed by atoms with Gasteiger partial charge in [0.15, 0.2) is 0 Å². The van der Waals surface area contributed by atoms with Crippen LogP contribution in [-0.2, 0) is 0 Å². The lowest BCUT2D eigenvalue weighted by atomic mass is 10.0. The molecule has 18 heavy (non-hydrogen) atoms. The van der Waals surface area contributed by atoms with Crippen LogP contribution in [0.5, 0.6) is 0 Å². The summed E-state index contributed by atoms with van der Waals surface area (Å²) >= 11 is 1.21. The summed E-state index contributed by atoms with van der Waals surface area (Å²) in [7, 11) is 0. The molecule has 2 rings (SSSR count). The summed E-state index contributed by atoms with van der Waals surface area (Å²) < 4.78 is 38.6. The number of likely N-dealkylation sites (tertiary alicyclic amines) is 1. The van der Waals surface area contributed by atoms with Crippen molar-refractivity contribution in [3.63, 3.8) is 0 Å². The molecule has 2 heterocycles. The highest BCUT2D eigenvalue weighted by atomic mass is 32.1. The third-order valence-electron chi connectivity index (χ3n) is 3.08. The fourth-order valence-electron chi connectivity index (χ4n) is 2.20. The van der Waals surface area contributed by atoms with Gasteiger partial charge in [0.25, 0.3) is 5.91 Å². The predicted octanol–water partition coefficient (Wildman–Crippen LogP) is 3.61. The van der Waals surface area contributed by atoms with Crippen molar-refractivity contribution >= 4 is 17.2 Å². The second-order valence-corrected chi connectivity index (χ2v) is 5.45. The van der Waals surface area contributed by atoms with Gasteiger partial charge in [-0.2, -0.15) is 13.2 Å². The fraction of sp³-hybridized carbons (Fsp3) is 0.583. The van der Waals surface area contributed by atoms with E-state index in [-0.39, 0.29) is 13.0 Å². The van der Waals surface area contributed by atoms with Crippen LogP contribution in [0.2, 0.25) is 0 Å². The van der Waals surface area contributed by atoms with E-state index >= 15 is 0 Å². The molecule has 6 heteroatoms. The molecule has 1 fully saturated rings. The Morgan fingerprint density at radius 3 is 2.72 bits per heavy atom. The van der Waals surface area contributed by atoms with Crippen molar-refractivity contribution < 1.29 is 18.0 Å². The highest BCUT2D eigenvalue weighted by Crippen LogP contribution is 2.33. The maximum atomic E-state index is 12.9. The number of halogens is 3. The second-order valence-electron chi connectivity index (χ2n) is 4.54. The molecule has 1 unspecified atom stereocenters. The Morgan fingerprint density at radius 1 is 1.44 bits per heavy atom. The van der Waals surface area contributed by atoms with Crippen molar-refractivity contribution in [1.29, 1.82) is 0 Å². The molecule has 1 aliphatic rings. The van der Waals surface area contributed by atoms with Crippen LogP contribution in [0.25, 0.3) is 0 Å². The van der Waals surface area contributed by atoms with Gasteiger partial charge in [-0.05, 0) is 43.2 Å². The number of alkyl halides is 3. The molecule has 0 saturated carbocycles. The average Bonchev–Trinajstić information content (AvgIpc) is 2.74. The highest BCUT2D eigenvalue weighted by molar-refractivity contribution is 7.12. The van der Waals surface area contributed by atoms with Crippen LogP contribution in [0, 0.1) is 6.92 Å². The number of carbonyl (C=O) groups excluding carboxylic acids is 1. The second kappa shape index (κ2) is 4.91. The summed E-state index contributed by atoms with van der Waals surface area (Å²) in [5.41, 5.74) is 0.906. The predicted molar refractivity (Wildman–Crippen MR) is 63.8 cm³/mol. The Labute approximate surface area is 107 Å². The maximum absolute atomic E-state index is 12.9. The van der Waals surface area contributed by atoms with Crippen LogP contribution in [0.4, 0.5) is 13.2 Å². The van der Waals surface area contributed by atoms with E-state index in [1.807, 2.05) is 6.92 Å². The summed E-state index contributed by atoms with van der Waals surface area (Å²) in [4.78, 5) is 13.5. The van der Waals surface area contributed by atoms with Crippen LogP contribution in [0.3, 0.4) is 0 Å². The van der Waals surface area contributed by atoms with Gasteiger partial charge in [-0.3, -0.25) is 4.79 Å². The number of rotatable bonds is 1. The highest BCUT2D eigenvalue weighted by Gasteiger charge is 2.46. The lowest BCUT2D eigenvalue weighted by Gasteiger charge is -2.36. The van der Waals surface area contributed by atoms with Gasteiger partial charge in [-0.25, -0.2) is 0 Å². The van der Waals surface area contributed by atoms with Gasteiger partial charge in [-0.15, -0.1) is 11.3 Å². The molecule has 1 aromatic heterocycles. The SMILES string of the molecule is Cc1csc(C(=O)N2CCCCC2C(F)(F)F)c1. The van der Waals surface area contributed by atoms with E-state index in [1.165, 1.54) is 11.3 Å². The molecule has 100 valence electrons. The Kier molecular flexibility index (Phi) is 3.66. The van der Waals surface area contributed by atoms with Crippen LogP contribution in [0.1, 0.15) is 34.5 Å². The Bertz CT molecular complexity index is 441. The van der Waals surface area contributed by atoms with E-state index in [0.29, 0.717) is 17.7 Å². The molecule has 0 spiro atoms. The van der Waals surface area contributed by atoms with Gasteiger partial charge in [0, 0.05) is 6.54 Å². The van der Waals surface area contributed by atoms with E-state index in [2.05, 4.69) is 0 Å². The van der Waals surface area contributed by atoms with Gasteiger partial charge in [-0.1, -0.05) is 0 Å². The summed E-state index contributed by atoms with van der Waals surface area (Å²) in [6.45, 7) is 2.02. The number of hydrogen-bond donors (Lipinski definition) is 0. The molecule has 0 aromatic carbocycles. The first-order valence-corrected chi connectivity index (χ1v) is 6.70. The third-order valence-corrected chi connectivity index (χ3v) is 4.12. The molecule has 0 N–H and O–H groups in total. The van der Waals surface area contributed by atoms with Crippen molar-refractivity contribution in [2.24, 2.45) is 0 Å². The van der Waals surface area contributed by atoms with E-state index in [1.54, 1.807) is 11.4 Å². The Hall–Kier alpha value is -1.04. The van der Waals surface area contributed by atoms with Gasteiger partial charge >= 0.3 is 6.18 Å². The molecule has 1 aromatic rings. The number of carbonyl (C=O) groups is 1. The van der Waals surface area contributed by atoms with Crippen LogP contribution < -0.4 is 0 Å². The number of thiophene rings is 1. The summed E-state index contributed by atoms with van der Waals surface area (Å²) in [6.07, 6.45) is -3.15. The minimum Gasteiger partial charge on any atom is -0.326 e. The standard InChI is InChI=1S/C12H14F3NOS/c1-8-6-9(18-7-8)11(17)16-5-3-2-4-10(16)12(13,14)15/h6-7,10H,2-5H2,1H3. The van der Waals surface area contributed by atoms with Crippen molar-refractivity contribution in [1.82, 2.24) is 4.90 Å². The topological polar surface area (TPSA) is 20.3 Å². The molecule has 1 amide bonds. The zero-order valence-electron chi connectivity index (χ0n) is 9.96. The number of piperidine rings is 1. The van der Waals surface area contributed by atoms with Crippen LogP contribution in [-0.4, -0.2) is 29.6 Å². The zero-order valence-corrected chi connectivity index (χ0v) is 10.8. The van der Waals surface area contributed by atoms with Crippen LogP contribution in [0.15, 0.2) is 11.4 Å². The average molecular weight is 277 g/mol. The van der Waals surface area contributed by atoms with E-state index in [0.717, 1.165) is 10.5 Å². The van der Waals surface area contributed by atoms with E-state index in [4.69, 9.17) is 0 Å². The van der Waals surface area contributed by atoms with Gasteiger partial charge < -0.3 is 4.90 Å². The minimum absolute atomic E-state index is 0.0135. The van der Waals surface area contributed by atoms with Crippen molar-refractivity contribution in [3.8, 4) is 0 Å². The summed E-state index contributed by atoms with van der Waals surface area (Å²) in [5, 5.41) is 1.78. The Balaban J connectivity index is 2.21. The Morgan fingerprint density at radius 2 is 2.17 bits per heavy atom. The van der Waals surface area contributed by atoms with E-state index in [9.17, 15) is 18.0 Å². The number of hydrogen-bond acceptors (Lipinski definition) is 2. The minimum atomic E-state index is -4.33. The smallest absolute Gasteiger partial charge is 0.326 e. The van der Waals surface area contributed by atoms with Gasteiger partial charge in [0.2, 0.25) is 0 Å². The molecular formula is C12H14F3NOS. The molecule has 0 bridgehead atoms. The van der Waals surface area contributed by atoms with E-state index < -0.39 is 18.1 Å². The quantitative estimate of drug-likeness (QED) is 0.768. The van der Waals surface area contributed by atoms with Gasteiger partial charge in [0.05, 0.1) is 4.88 Å². The summed E-state index contributed by atoms with van der Waals surface area (Å²) in [6, 6.07) is 0.0239. The molecule has 0 aliphatic carbocycles. The van der Waals surface area contributed by atoms with Crippen LogP contribution >= 0.6 is 11.3 Å².